The van der Waals surface area contributed by atoms with Crippen molar-refractivity contribution in [3.05, 3.63) is 95.3 Å². The number of carbonyl (C=O) groups excluding carboxylic acids is 1. The summed E-state index contributed by atoms with van der Waals surface area (Å²) >= 11 is 0. The number of anilines is 1. The highest BCUT2D eigenvalue weighted by Gasteiger charge is 2.15. The molecule has 0 saturated carbocycles. The second-order valence-electron chi connectivity index (χ2n) is 6.63. The van der Waals surface area contributed by atoms with Gasteiger partial charge in [-0.2, -0.15) is 0 Å². The standard InChI is InChI=1S/C22H21FN2O3S/c1-16-2-10-20(11-3-16)25-29(27,28)21-12-6-18(7-13-21)22(26)24-15-14-17-4-8-19(23)9-5-17/h2-13,25H,14-15H2,1H3,(H,24,26). The van der Waals surface area contributed by atoms with Crippen molar-refractivity contribution in [1.29, 1.82) is 0 Å². The second kappa shape index (κ2) is 8.87. The van der Waals surface area contributed by atoms with Gasteiger partial charge in [0, 0.05) is 17.8 Å². The SMILES string of the molecule is Cc1ccc(NS(=O)(=O)c2ccc(C(=O)NCCc3ccc(F)cc3)cc2)cc1. The number of nitrogens with one attached hydrogen (secondary N) is 2. The first-order chi connectivity index (χ1) is 13.8. The molecular weight excluding hydrogens is 391 g/mol. The van der Waals surface area contributed by atoms with Crippen LogP contribution in [0.25, 0.3) is 0 Å². The first-order valence-corrected chi connectivity index (χ1v) is 10.5. The van der Waals surface area contributed by atoms with Gasteiger partial charge in [-0.25, -0.2) is 12.8 Å². The number of rotatable bonds is 7. The Kier molecular flexibility index (Phi) is 6.29. The lowest BCUT2D eigenvalue weighted by Gasteiger charge is -2.09. The molecule has 3 rings (SSSR count). The van der Waals surface area contributed by atoms with Crippen molar-refractivity contribution < 1.29 is 17.6 Å². The lowest BCUT2D eigenvalue weighted by atomic mass is 10.1. The van der Waals surface area contributed by atoms with E-state index in [1.54, 1.807) is 24.3 Å². The molecule has 0 aromatic heterocycles. The average molecular weight is 412 g/mol. The maximum absolute atomic E-state index is 12.9. The average Bonchev–Trinajstić information content (AvgIpc) is 2.71. The summed E-state index contributed by atoms with van der Waals surface area (Å²) in [6, 6.07) is 18.8. The van der Waals surface area contributed by atoms with E-state index in [0.717, 1.165) is 11.1 Å². The Labute approximate surface area is 169 Å². The molecular formula is C22H21FN2O3S. The van der Waals surface area contributed by atoms with Crippen LogP contribution in [-0.4, -0.2) is 20.9 Å². The molecule has 7 heteroatoms. The molecule has 5 nitrogen and oxygen atoms in total. The van der Waals surface area contributed by atoms with Crippen LogP contribution in [0, 0.1) is 12.7 Å². The van der Waals surface area contributed by atoms with Crippen molar-refractivity contribution >= 4 is 21.6 Å². The Morgan fingerprint density at radius 3 is 2.14 bits per heavy atom. The minimum atomic E-state index is -3.74. The third kappa shape index (κ3) is 5.65. The number of carbonyl (C=O) groups is 1. The van der Waals surface area contributed by atoms with Gasteiger partial charge in [0.15, 0.2) is 0 Å². The Bertz CT molecular complexity index is 1080. The van der Waals surface area contributed by atoms with E-state index in [0.29, 0.717) is 24.2 Å². The minimum absolute atomic E-state index is 0.0703. The molecule has 0 radical (unpaired) electrons. The molecule has 1 amide bonds. The van der Waals surface area contributed by atoms with Crippen LogP contribution in [0.15, 0.2) is 77.7 Å². The van der Waals surface area contributed by atoms with E-state index in [4.69, 9.17) is 0 Å². The second-order valence-corrected chi connectivity index (χ2v) is 8.31. The van der Waals surface area contributed by atoms with Crippen molar-refractivity contribution in [2.24, 2.45) is 0 Å². The molecule has 0 fully saturated rings. The van der Waals surface area contributed by atoms with Crippen molar-refractivity contribution in [3.8, 4) is 0 Å². The lowest BCUT2D eigenvalue weighted by Crippen LogP contribution is -2.25. The fourth-order valence-electron chi connectivity index (χ4n) is 2.69. The van der Waals surface area contributed by atoms with Crippen LogP contribution in [0.2, 0.25) is 0 Å². The molecule has 150 valence electrons. The normalized spacial score (nSPS) is 11.1. The van der Waals surface area contributed by atoms with Gasteiger partial charge in [-0.05, 0) is 67.4 Å². The molecule has 3 aromatic rings. The predicted octanol–water partition coefficient (Wildman–Crippen LogP) is 3.91. The summed E-state index contributed by atoms with van der Waals surface area (Å²) in [5.41, 5.74) is 2.77. The van der Waals surface area contributed by atoms with Gasteiger partial charge in [-0.1, -0.05) is 29.8 Å². The molecule has 2 N–H and O–H groups in total. The van der Waals surface area contributed by atoms with Crippen LogP contribution in [0.5, 0.6) is 0 Å². The zero-order chi connectivity index (χ0) is 20.9. The molecule has 0 spiro atoms. The lowest BCUT2D eigenvalue weighted by molar-refractivity contribution is 0.0954. The molecule has 0 saturated heterocycles. The van der Waals surface area contributed by atoms with Crippen molar-refractivity contribution in [1.82, 2.24) is 5.32 Å². The third-order valence-electron chi connectivity index (χ3n) is 4.34. The summed E-state index contributed by atoms with van der Waals surface area (Å²) < 4.78 is 40.4. The number of hydrogen-bond acceptors (Lipinski definition) is 3. The van der Waals surface area contributed by atoms with Gasteiger partial charge in [0.05, 0.1) is 4.90 Å². The Hall–Kier alpha value is -3.19. The maximum atomic E-state index is 12.9. The molecule has 0 unspecified atom stereocenters. The van der Waals surface area contributed by atoms with Crippen LogP contribution in [0.3, 0.4) is 0 Å². The Balaban J connectivity index is 1.58. The maximum Gasteiger partial charge on any atom is 0.261 e. The number of amides is 1. The molecule has 0 aliphatic heterocycles. The fraction of sp³-hybridized carbons (Fsp3) is 0.136. The van der Waals surface area contributed by atoms with Gasteiger partial charge in [0.2, 0.25) is 0 Å². The van der Waals surface area contributed by atoms with Crippen LogP contribution >= 0.6 is 0 Å². The van der Waals surface area contributed by atoms with Crippen LogP contribution in [-0.2, 0) is 16.4 Å². The van der Waals surface area contributed by atoms with Crippen molar-refractivity contribution in [2.75, 3.05) is 11.3 Å². The summed E-state index contributed by atoms with van der Waals surface area (Å²) in [5.74, 6) is -0.604. The summed E-state index contributed by atoms with van der Waals surface area (Å²) in [7, 11) is -3.74. The largest absolute Gasteiger partial charge is 0.352 e. The van der Waals surface area contributed by atoms with E-state index in [1.165, 1.54) is 36.4 Å². The number of aryl methyl sites for hydroxylation is 1. The van der Waals surface area contributed by atoms with Crippen molar-refractivity contribution in [3.63, 3.8) is 0 Å². The van der Waals surface area contributed by atoms with Gasteiger partial charge in [0.25, 0.3) is 15.9 Å². The van der Waals surface area contributed by atoms with E-state index < -0.39 is 10.0 Å². The minimum Gasteiger partial charge on any atom is -0.352 e. The van der Waals surface area contributed by atoms with E-state index in [1.807, 2.05) is 19.1 Å². The molecule has 29 heavy (non-hydrogen) atoms. The van der Waals surface area contributed by atoms with E-state index in [2.05, 4.69) is 10.0 Å². The first kappa shape index (κ1) is 20.5. The molecule has 0 aliphatic carbocycles. The van der Waals surface area contributed by atoms with Crippen LogP contribution in [0.4, 0.5) is 10.1 Å². The fourth-order valence-corrected chi connectivity index (χ4v) is 3.75. The summed E-state index contributed by atoms with van der Waals surface area (Å²) in [6.45, 7) is 2.31. The van der Waals surface area contributed by atoms with Crippen LogP contribution < -0.4 is 10.0 Å². The molecule has 3 aromatic carbocycles. The van der Waals surface area contributed by atoms with E-state index >= 15 is 0 Å². The highest BCUT2D eigenvalue weighted by Crippen LogP contribution is 2.17. The zero-order valence-electron chi connectivity index (χ0n) is 15.9. The summed E-state index contributed by atoms with van der Waals surface area (Å²) in [4.78, 5) is 12.3. The Morgan fingerprint density at radius 2 is 1.52 bits per heavy atom. The summed E-state index contributed by atoms with van der Waals surface area (Å²) in [5, 5.41) is 2.77. The molecule has 0 atom stereocenters. The van der Waals surface area contributed by atoms with Crippen molar-refractivity contribution in [2.45, 2.75) is 18.2 Å². The monoisotopic (exact) mass is 412 g/mol. The van der Waals surface area contributed by atoms with Gasteiger partial charge in [0.1, 0.15) is 5.82 Å². The van der Waals surface area contributed by atoms with Gasteiger partial charge >= 0.3 is 0 Å². The highest BCUT2D eigenvalue weighted by atomic mass is 32.2. The highest BCUT2D eigenvalue weighted by molar-refractivity contribution is 7.92. The van der Waals surface area contributed by atoms with E-state index in [-0.39, 0.29) is 16.6 Å². The van der Waals surface area contributed by atoms with Gasteiger partial charge in [-0.15, -0.1) is 0 Å². The Morgan fingerprint density at radius 1 is 0.897 bits per heavy atom. The first-order valence-electron chi connectivity index (χ1n) is 9.06. The smallest absolute Gasteiger partial charge is 0.261 e. The quantitative estimate of drug-likeness (QED) is 0.618. The number of sulfonamides is 1. The number of hydrogen-bond donors (Lipinski definition) is 2. The van der Waals surface area contributed by atoms with E-state index in [9.17, 15) is 17.6 Å². The number of halogens is 1. The molecule has 0 bridgehead atoms. The van der Waals surface area contributed by atoms with Gasteiger partial charge in [-0.3, -0.25) is 9.52 Å². The molecule has 0 aliphatic rings. The summed E-state index contributed by atoms with van der Waals surface area (Å²) in [6.07, 6.45) is 0.568. The topological polar surface area (TPSA) is 75.3 Å². The van der Waals surface area contributed by atoms with Gasteiger partial charge < -0.3 is 5.32 Å². The third-order valence-corrected chi connectivity index (χ3v) is 5.74. The van der Waals surface area contributed by atoms with Crippen LogP contribution in [0.1, 0.15) is 21.5 Å². The predicted molar refractivity (Wildman–Crippen MR) is 111 cm³/mol. The number of benzene rings is 3. The molecule has 0 heterocycles. The zero-order valence-corrected chi connectivity index (χ0v) is 16.7.